The van der Waals surface area contributed by atoms with E-state index < -0.39 is 5.82 Å². The highest BCUT2D eigenvalue weighted by atomic mass is 35.5. The minimum Gasteiger partial charge on any atom is -0.494 e. The van der Waals surface area contributed by atoms with Crippen molar-refractivity contribution in [3.8, 4) is 5.75 Å². The second-order valence-corrected chi connectivity index (χ2v) is 5.94. The first kappa shape index (κ1) is 16.6. The van der Waals surface area contributed by atoms with E-state index in [2.05, 4.69) is 5.32 Å². The number of benzene rings is 2. The molecule has 3 nitrogen and oxygen atoms in total. The van der Waals surface area contributed by atoms with Gasteiger partial charge >= 0.3 is 0 Å². The van der Waals surface area contributed by atoms with Crippen LogP contribution in [0.4, 0.5) is 10.1 Å². The number of thioether (sulfide) groups is 1. The Morgan fingerprint density at radius 1 is 1.32 bits per heavy atom. The molecule has 2 aromatic rings. The number of rotatable bonds is 6. The van der Waals surface area contributed by atoms with Gasteiger partial charge in [0.05, 0.1) is 18.6 Å². The number of carbonyl (C=O) groups is 1. The van der Waals surface area contributed by atoms with Crippen LogP contribution in [0.25, 0.3) is 0 Å². The Morgan fingerprint density at radius 2 is 2.14 bits per heavy atom. The van der Waals surface area contributed by atoms with Crippen LogP contribution in [0.1, 0.15) is 5.56 Å². The lowest BCUT2D eigenvalue weighted by molar-refractivity contribution is -0.113. The third kappa shape index (κ3) is 4.93. The third-order valence-electron chi connectivity index (χ3n) is 2.83. The van der Waals surface area contributed by atoms with E-state index in [1.165, 1.54) is 37.1 Å². The van der Waals surface area contributed by atoms with Crippen molar-refractivity contribution >= 4 is 35.0 Å². The van der Waals surface area contributed by atoms with Crippen molar-refractivity contribution in [1.29, 1.82) is 0 Å². The molecule has 0 spiro atoms. The average molecular weight is 340 g/mol. The van der Waals surface area contributed by atoms with Crippen molar-refractivity contribution < 1.29 is 13.9 Å². The molecule has 0 aromatic heterocycles. The van der Waals surface area contributed by atoms with Gasteiger partial charge in [-0.25, -0.2) is 4.39 Å². The van der Waals surface area contributed by atoms with Gasteiger partial charge in [-0.15, -0.1) is 11.8 Å². The molecule has 2 aromatic carbocycles. The molecular formula is C16H15ClFNO2S. The maximum atomic E-state index is 13.1. The van der Waals surface area contributed by atoms with Crippen LogP contribution in [0.2, 0.25) is 5.02 Å². The van der Waals surface area contributed by atoms with Crippen LogP contribution in [0.5, 0.6) is 5.75 Å². The van der Waals surface area contributed by atoms with Gasteiger partial charge in [0, 0.05) is 16.8 Å². The van der Waals surface area contributed by atoms with E-state index in [4.69, 9.17) is 16.3 Å². The van der Waals surface area contributed by atoms with Crippen molar-refractivity contribution in [3.63, 3.8) is 0 Å². The minimum atomic E-state index is -0.412. The zero-order valence-corrected chi connectivity index (χ0v) is 13.5. The van der Waals surface area contributed by atoms with E-state index in [1.54, 1.807) is 0 Å². The van der Waals surface area contributed by atoms with Crippen LogP contribution in [0.3, 0.4) is 0 Å². The molecule has 0 unspecified atom stereocenters. The minimum absolute atomic E-state index is 0.170. The van der Waals surface area contributed by atoms with E-state index in [9.17, 15) is 9.18 Å². The maximum Gasteiger partial charge on any atom is 0.234 e. The van der Waals surface area contributed by atoms with Gasteiger partial charge in [-0.2, -0.15) is 0 Å². The zero-order valence-electron chi connectivity index (χ0n) is 11.9. The molecule has 22 heavy (non-hydrogen) atoms. The summed E-state index contributed by atoms with van der Waals surface area (Å²) in [6.07, 6.45) is 0. The first-order chi connectivity index (χ1) is 10.6. The molecule has 0 atom stereocenters. The fraction of sp³-hybridized carbons (Fsp3) is 0.188. The summed E-state index contributed by atoms with van der Waals surface area (Å²) in [6, 6.07) is 11.5. The predicted octanol–water partition coefficient (Wildman–Crippen LogP) is 4.36. The predicted molar refractivity (Wildman–Crippen MR) is 89.2 cm³/mol. The topological polar surface area (TPSA) is 38.3 Å². The van der Waals surface area contributed by atoms with Crippen molar-refractivity contribution in [2.45, 2.75) is 5.75 Å². The maximum absolute atomic E-state index is 13.1. The van der Waals surface area contributed by atoms with Gasteiger partial charge in [0.2, 0.25) is 5.91 Å². The van der Waals surface area contributed by atoms with E-state index in [0.717, 1.165) is 5.56 Å². The lowest BCUT2D eigenvalue weighted by Gasteiger charge is -2.10. The van der Waals surface area contributed by atoms with Gasteiger partial charge in [0.15, 0.2) is 0 Å². The monoisotopic (exact) mass is 339 g/mol. The summed E-state index contributed by atoms with van der Waals surface area (Å²) in [7, 11) is 1.43. The summed E-state index contributed by atoms with van der Waals surface area (Å²) < 4.78 is 18.1. The number of amides is 1. The molecule has 2 rings (SSSR count). The van der Waals surface area contributed by atoms with Crippen molar-refractivity contribution in [1.82, 2.24) is 0 Å². The number of hydrogen-bond donors (Lipinski definition) is 1. The molecule has 1 amide bonds. The van der Waals surface area contributed by atoms with Crippen LogP contribution in [0.15, 0.2) is 42.5 Å². The number of carbonyl (C=O) groups excluding carboxylic acids is 1. The first-order valence-electron chi connectivity index (χ1n) is 6.54. The number of methoxy groups -OCH3 is 1. The van der Waals surface area contributed by atoms with E-state index in [1.807, 2.05) is 24.3 Å². The number of halogens is 2. The highest BCUT2D eigenvalue weighted by Gasteiger charge is 2.09. The molecule has 0 fully saturated rings. The molecular weight excluding hydrogens is 325 g/mol. The molecule has 0 saturated heterocycles. The molecule has 0 heterocycles. The van der Waals surface area contributed by atoms with Crippen LogP contribution in [0, 0.1) is 5.82 Å². The zero-order chi connectivity index (χ0) is 15.9. The Morgan fingerprint density at radius 3 is 2.86 bits per heavy atom. The standard InChI is InChI=1S/C16H15ClFNO2S/c1-21-15-8-13(18)5-6-14(15)19-16(20)10-22-9-11-3-2-4-12(17)7-11/h2-8H,9-10H2,1H3,(H,19,20). The van der Waals surface area contributed by atoms with Crippen LogP contribution in [-0.4, -0.2) is 18.8 Å². The molecule has 0 aliphatic rings. The summed E-state index contributed by atoms with van der Waals surface area (Å²) in [4.78, 5) is 11.9. The SMILES string of the molecule is COc1cc(F)ccc1NC(=O)CSCc1cccc(Cl)c1. The highest BCUT2D eigenvalue weighted by molar-refractivity contribution is 7.99. The molecule has 0 aliphatic carbocycles. The largest absolute Gasteiger partial charge is 0.494 e. The molecule has 0 radical (unpaired) electrons. The van der Waals surface area contributed by atoms with Gasteiger partial charge in [0.1, 0.15) is 11.6 Å². The van der Waals surface area contributed by atoms with Crippen LogP contribution < -0.4 is 10.1 Å². The first-order valence-corrected chi connectivity index (χ1v) is 8.07. The molecule has 6 heteroatoms. The number of ether oxygens (including phenoxy) is 1. The smallest absolute Gasteiger partial charge is 0.234 e. The lowest BCUT2D eigenvalue weighted by atomic mass is 10.2. The number of anilines is 1. The Balaban J connectivity index is 1.86. The Kier molecular flexibility index (Phi) is 6.10. The van der Waals surface area contributed by atoms with Crippen molar-refractivity contribution in [3.05, 3.63) is 58.9 Å². The second kappa shape index (κ2) is 8.06. The molecule has 116 valence electrons. The summed E-state index contributed by atoms with van der Waals surface area (Å²) in [5, 5.41) is 3.39. The Labute approximate surface area is 137 Å². The van der Waals surface area contributed by atoms with Gasteiger partial charge in [-0.3, -0.25) is 4.79 Å². The fourth-order valence-corrected chi connectivity index (χ4v) is 2.83. The number of hydrogen-bond acceptors (Lipinski definition) is 3. The summed E-state index contributed by atoms with van der Waals surface area (Å²) in [5.74, 6) is 0.692. The normalized spacial score (nSPS) is 10.3. The summed E-state index contributed by atoms with van der Waals surface area (Å²) in [5.41, 5.74) is 1.52. The quantitative estimate of drug-likeness (QED) is 0.849. The van der Waals surface area contributed by atoms with E-state index >= 15 is 0 Å². The number of nitrogens with one attached hydrogen (secondary N) is 1. The van der Waals surface area contributed by atoms with E-state index in [0.29, 0.717) is 22.2 Å². The Hall–Kier alpha value is -1.72. The summed E-state index contributed by atoms with van der Waals surface area (Å²) in [6.45, 7) is 0. The molecule has 0 saturated carbocycles. The van der Waals surface area contributed by atoms with Gasteiger partial charge in [-0.05, 0) is 29.8 Å². The fourth-order valence-electron chi connectivity index (χ4n) is 1.84. The van der Waals surface area contributed by atoms with Gasteiger partial charge < -0.3 is 10.1 Å². The average Bonchev–Trinajstić information content (AvgIpc) is 2.49. The van der Waals surface area contributed by atoms with Crippen molar-refractivity contribution in [2.75, 3.05) is 18.2 Å². The van der Waals surface area contributed by atoms with E-state index in [-0.39, 0.29) is 11.7 Å². The third-order valence-corrected chi connectivity index (χ3v) is 4.07. The Bertz CT molecular complexity index is 666. The molecule has 0 aliphatic heterocycles. The van der Waals surface area contributed by atoms with Crippen LogP contribution >= 0.6 is 23.4 Å². The molecule has 0 bridgehead atoms. The molecule has 1 N–H and O–H groups in total. The van der Waals surface area contributed by atoms with Gasteiger partial charge in [-0.1, -0.05) is 23.7 Å². The van der Waals surface area contributed by atoms with Crippen molar-refractivity contribution in [2.24, 2.45) is 0 Å². The lowest BCUT2D eigenvalue weighted by Crippen LogP contribution is -2.15. The van der Waals surface area contributed by atoms with Crippen LogP contribution in [-0.2, 0) is 10.5 Å². The summed E-state index contributed by atoms with van der Waals surface area (Å²) >= 11 is 7.38. The van der Waals surface area contributed by atoms with Gasteiger partial charge in [0.25, 0.3) is 0 Å². The second-order valence-electron chi connectivity index (χ2n) is 4.52. The highest BCUT2D eigenvalue weighted by Crippen LogP contribution is 2.25.